The molecule has 0 aromatic carbocycles. The van der Waals surface area contributed by atoms with Crippen molar-refractivity contribution in [1.82, 2.24) is 0 Å². The Labute approximate surface area is 140 Å². The number of hydrogen-bond donors (Lipinski definition) is 0. The van der Waals surface area contributed by atoms with Gasteiger partial charge in [0.1, 0.15) is 12.2 Å². The van der Waals surface area contributed by atoms with Gasteiger partial charge in [0.15, 0.2) is 5.78 Å². The number of ether oxygens (including phenoxy) is 2. The smallest absolute Gasteiger partial charge is 0.302 e. The number of Topliss-reactive ketones (excluding diaryl/α,β-unsaturated/α-hetero) is 1. The van der Waals surface area contributed by atoms with Crippen LogP contribution < -0.4 is 0 Å². The van der Waals surface area contributed by atoms with Crippen molar-refractivity contribution in [1.29, 1.82) is 0 Å². The second kappa shape index (κ2) is 10.6. The van der Waals surface area contributed by atoms with Crippen molar-refractivity contribution in [2.24, 2.45) is 5.92 Å². The molecule has 0 aliphatic carbocycles. The lowest BCUT2D eigenvalue weighted by molar-refractivity contribution is -0.148. The highest BCUT2D eigenvalue weighted by Gasteiger charge is 2.23. The van der Waals surface area contributed by atoms with Gasteiger partial charge in [-0.3, -0.25) is 9.59 Å². The van der Waals surface area contributed by atoms with Crippen LogP contribution in [0.2, 0.25) is 0 Å². The minimum Gasteiger partial charge on any atom is -0.462 e. The molecule has 132 valence electrons. The molecule has 1 rings (SSSR count). The van der Waals surface area contributed by atoms with Crippen LogP contribution in [0.4, 0.5) is 0 Å². The van der Waals surface area contributed by atoms with Gasteiger partial charge in [0.25, 0.3) is 0 Å². The molecule has 0 amide bonds. The number of allylic oxidation sites excluding steroid dienone is 1. The first-order valence-corrected chi connectivity index (χ1v) is 8.85. The summed E-state index contributed by atoms with van der Waals surface area (Å²) < 4.78 is 11.1. The largest absolute Gasteiger partial charge is 0.462 e. The molecule has 0 aromatic rings. The molecule has 1 aliphatic heterocycles. The summed E-state index contributed by atoms with van der Waals surface area (Å²) >= 11 is 0. The molecular weight excluding hydrogens is 292 g/mol. The van der Waals surface area contributed by atoms with Crippen molar-refractivity contribution >= 4 is 11.8 Å². The SMILES string of the molecule is CC(=O)OC(CC=C(C)C)C(C)CCCC1OCCCCC1=O. The van der Waals surface area contributed by atoms with Gasteiger partial charge in [-0.05, 0) is 51.9 Å². The number of ketones is 1. The second-order valence-electron chi connectivity index (χ2n) is 6.86. The first-order chi connectivity index (χ1) is 10.9. The molecule has 1 fully saturated rings. The first-order valence-electron chi connectivity index (χ1n) is 8.85. The summed E-state index contributed by atoms with van der Waals surface area (Å²) in [5.74, 6) is 0.290. The molecule has 0 saturated carbocycles. The summed E-state index contributed by atoms with van der Waals surface area (Å²) in [6.45, 7) is 8.36. The third kappa shape index (κ3) is 8.31. The maximum atomic E-state index is 11.9. The minimum atomic E-state index is -0.230. The van der Waals surface area contributed by atoms with E-state index in [-0.39, 0.29) is 29.9 Å². The predicted octanol–water partition coefficient (Wildman–Crippen LogP) is 4.22. The summed E-state index contributed by atoms with van der Waals surface area (Å²) in [4.78, 5) is 23.2. The van der Waals surface area contributed by atoms with Crippen molar-refractivity contribution in [3.05, 3.63) is 11.6 Å². The molecule has 0 radical (unpaired) electrons. The van der Waals surface area contributed by atoms with Crippen molar-refractivity contribution in [2.45, 2.75) is 84.8 Å². The average Bonchev–Trinajstić information content (AvgIpc) is 2.68. The highest BCUT2D eigenvalue weighted by atomic mass is 16.5. The van der Waals surface area contributed by atoms with Crippen molar-refractivity contribution in [3.63, 3.8) is 0 Å². The fourth-order valence-electron chi connectivity index (χ4n) is 2.90. The Bertz CT molecular complexity index is 410. The Balaban J connectivity index is 2.43. The van der Waals surface area contributed by atoms with Crippen LogP contribution >= 0.6 is 0 Å². The van der Waals surface area contributed by atoms with Gasteiger partial charge in [0.05, 0.1) is 0 Å². The molecule has 1 saturated heterocycles. The van der Waals surface area contributed by atoms with E-state index in [4.69, 9.17) is 9.47 Å². The molecule has 23 heavy (non-hydrogen) atoms. The van der Waals surface area contributed by atoms with Crippen LogP contribution in [0.1, 0.15) is 72.6 Å². The van der Waals surface area contributed by atoms with E-state index < -0.39 is 0 Å². The van der Waals surface area contributed by atoms with E-state index in [0.717, 1.165) is 38.5 Å². The zero-order valence-corrected chi connectivity index (χ0v) is 15.1. The quantitative estimate of drug-likeness (QED) is 0.495. The van der Waals surface area contributed by atoms with Gasteiger partial charge in [-0.1, -0.05) is 18.6 Å². The summed E-state index contributed by atoms with van der Waals surface area (Å²) in [7, 11) is 0. The van der Waals surface area contributed by atoms with Crippen LogP contribution in [-0.4, -0.2) is 30.6 Å². The van der Waals surface area contributed by atoms with E-state index in [9.17, 15) is 9.59 Å². The maximum Gasteiger partial charge on any atom is 0.302 e. The highest BCUT2D eigenvalue weighted by molar-refractivity contribution is 5.83. The van der Waals surface area contributed by atoms with Gasteiger partial charge in [-0.2, -0.15) is 0 Å². The zero-order chi connectivity index (χ0) is 17.2. The lowest BCUT2D eigenvalue weighted by Crippen LogP contribution is -2.25. The topological polar surface area (TPSA) is 52.6 Å². The fourth-order valence-corrected chi connectivity index (χ4v) is 2.90. The third-order valence-electron chi connectivity index (χ3n) is 4.33. The Morgan fingerprint density at radius 2 is 2.09 bits per heavy atom. The van der Waals surface area contributed by atoms with E-state index in [1.165, 1.54) is 12.5 Å². The molecule has 3 atom stereocenters. The summed E-state index contributed by atoms with van der Waals surface area (Å²) in [5, 5.41) is 0. The van der Waals surface area contributed by atoms with Gasteiger partial charge in [0.2, 0.25) is 0 Å². The number of rotatable bonds is 8. The van der Waals surface area contributed by atoms with Crippen LogP contribution in [0.25, 0.3) is 0 Å². The first kappa shape index (κ1) is 19.9. The monoisotopic (exact) mass is 324 g/mol. The second-order valence-corrected chi connectivity index (χ2v) is 6.86. The minimum absolute atomic E-state index is 0.0897. The van der Waals surface area contributed by atoms with E-state index >= 15 is 0 Å². The Morgan fingerprint density at radius 3 is 2.74 bits per heavy atom. The molecular formula is C19H32O4. The van der Waals surface area contributed by atoms with Gasteiger partial charge < -0.3 is 9.47 Å². The zero-order valence-electron chi connectivity index (χ0n) is 15.1. The van der Waals surface area contributed by atoms with E-state index in [2.05, 4.69) is 13.0 Å². The van der Waals surface area contributed by atoms with Crippen LogP contribution in [0.3, 0.4) is 0 Å². The van der Waals surface area contributed by atoms with Gasteiger partial charge in [-0.25, -0.2) is 0 Å². The summed E-state index contributed by atoms with van der Waals surface area (Å²) in [6, 6.07) is 0. The molecule has 0 aromatic heterocycles. The normalized spacial score (nSPS) is 21.2. The highest BCUT2D eigenvalue weighted by Crippen LogP contribution is 2.22. The Kier molecular flexibility index (Phi) is 9.15. The molecule has 4 heteroatoms. The van der Waals surface area contributed by atoms with E-state index in [1.54, 1.807) is 0 Å². The van der Waals surface area contributed by atoms with Crippen molar-refractivity contribution < 1.29 is 19.1 Å². The molecule has 0 spiro atoms. The predicted molar refractivity (Wildman–Crippen MR) is 91.2 cm³/mol. The lowest BCUT2D eigenvalue weighted by atomic mass is 9.93. The number of carbonyl (C=O) groups is 2. The lowest BCUT2D eigenvalue weighted by Gasteiger charge is -2.23. The Hall–Kier alpha value is -1.16. The average molecular weight is 324 g/mol. The molecule has 0 N–H and O–H groups in total. The summed E-state index contributed by atoms with van der Waals surface area (Å²) in [5.41, 5.74) is 1.23. The summed E-state index contributed by atoms with van der Waals surface area (Å²) in [6.07, 6.45) is 7.76. The van der Waals surface area contributed by atoms with Crippen molar-refractivity contribution in [2.75, 3.05) is 6.61 Å². The van der Waals surface area contributed by atoms with Crippen LogP contribution in [-0.2, 0) is 19.1 Å². The Morgan fingerprint density at radius 1 is 1.35 bits per heavy atom. The van der Waals surface area contributed by atoms with Crippen LogP contribution in [0, 0.1) is 5.92 Å². The van der Waals surface area contributed by atoms with E-state index in [0.29, 0.717) is 13.0 Å². The molecule has 3 unspecified atom stereocenters. The molecule has 0 bridgehead atoms. The molecule has 4 nitrogen and oxygen atoms in total. The number of hydrogen-bond acceptors (Lipinski definition) is 4. The van der Waals surface area contributed by atoms with Gasteiger partial charge in [0, 0.05) is 26.4 Å². The third-order valence-corrected chi connectivity index (χ3v) is 4.33. The number of carbonyl (C=O) groups excluding carboxylic acids is 2. The number of esters is 1. The fraction of sp³-hybridized carbons (Fsp3) is 0.789. The molecule has 1 heterocycles. The van der Waals surface area contributed by atoms with Gasteiger partial charge in [-0.15, -0.1) is 0 Å². The maximum absolute atomic E-state index is 11.9. The van der Waals surface area contributed by atoms with Crippen LogP contribution in [0.5, 0.6) is 0 Å². The van der Waals surface area contributed by atoms with Crippen molar-refractivity contribution in [3.8, 4) is 0 Å². The van der Waals surface area contributed by atoms with Gasteiger partial charge >= 0.3 is 5.97 Å². The van der Waals surface area contributed by atoms with Crippen LogP contribution in [0.15, 0.2) is 11.6 Å². The molecule has 1 aliphatic rings. The van der Waals surface area contributed by atoms with E-state index in [1.807, 2.05) is 13.8 Å². The standard InChI is InChI=1S/C19H32O4/c1-14(2)11-12-18(23-16(4)20)15(3)8-7-10-19-17(21)9-5-6-13-22-19/h11,15,18-19H,5-10,12-13H2,1-4H3.